The van der Waals surface area contributed by atoms with Crippen molar-refractivity contribution in [2.24, 2.45) is 0 Å². The zero-order valence-corrected chi connectivity index (χ0v) is 11.7. The fraction of sp³-hybridized carbons (Fsp3) is 0.500. The van der Waals surface area contributed by atoms with Gasteiger partial charge in [-0.15, -0.1) is 0 Å². The number of amides is 1. The summed E-state index contributed by atoms with van der Waals surface area (Å²) in [5.74, 6) is 0.0845. The van der Waals surface area contributed by atoms with Gasteiger partial charge in [0.05, 0.1) is 0 Å². The van der Waals surface area contributed by atoms with Gasteiger partial charge in [-0.25, -0.2) is 0 Å². The second-order valence-corrected chi connectivity index (χ2v) is 4.84. The molecule has 0 saturated heterocycles. The molecule has 1 amide bonds. The number of hydrogen-bond acceptors (Lipinski definition) is 3. The summed E-state index contributed by atoms with van der Waals surface area (Å²) in [6.45, 7) is 4.58. The molecule has 2 N–H and O–H groups in total. The second kappa shape index (κ2) is 6.89. The standard InChI is InChI=1S/C14H23N3O/c1-11(2)16-14(18)8-9-15-12-6-5-7-13(10-12)17(3)4/h5-7,10-11,15H,8-9H2,1-4H3,(H,16,18). The minimum atomic E-state index is 0.0845. The summed E-state index contributed by atoms with van der Waals surface area (Å²) in [5, 5.41) is 6.13. The maximum atomic E-state index is 11.5. The minimum absolute atomic E-state index is 0.0845. The van der Waals surface area contributed by atoms with Gasteiger partial charge in [0.2, 0.25) is 5.91 Å². The highest BCUT2D eigenvalue weighted by Gasteiger charge is 2.03. The van der Waals surface area contributed by atoms with E-state index in [-0.39, 0.29) is 11.9 Å². The van der Waals surface area contributed by atoms with E-state index in [1.807, 2.05) is 40.1 Å². The molecule has 18 heavy (non-hydrogen) atoms. The van der Waals surface area contributed by atoms with E-state index < -0.39 is 0 Å². The summed E-state index contributed by atoms with van der Waals surface area (Å²) >= 11 is 0. The molecule has 0 radical (unpaired) electrons. The Morgan fingerprint density at radius 1 is 1.33 bits per heavy atom. The highest BCUT2D eigenvalue weighted by atomic mass is 16.1. The predicted molar refractivity (Wildman–Crippen MR) is 77.2 cm³/mol. The number of rotatable bonds is 6. The highest BCUT2D eigenvalue weighted by molar-refractivity contribution is 5.76. The van der Waals surface area contributed by atoms with Gasteiger partial charge in [-0.2, -0.15) is 0 Å². The Labute approximate surface area is 109 Å². The first kappa shape index (κ1) is 14.4. The predicted octanol–water partition coefficient (Wildman–Crippen LogP) is 2.08. The van der Waals surface area contributed by atoms with Crippen molar-refractivity contribution >= 4 is 17.3 Å². The van der Waals surface area contributed by atoms with Crippen molar-refractivity contribution in [1.29, 1.82) is 0 Å². The summed E-state index contributed by atoms with van der Waals surface area (Å²) < 4.78 is 0. The van der Waals surface area contributed by atoms with Crippen molar-refractivity contribution < 1.29 is 4.79 Å². The first-order valence-electron chi connectivity index (χ1n) is 6.29. The zero-order valence-electron chi connectivity index (χ0n) is 11.7. The lowest BCUT2D eigenvalue weighted by Gasteiger charge is -2.14. The molecule has 0 fully saturated rings. The number of nitrogens with one attached hydrogen (secondary N) is 2. The van der Waals surface area contributed by atoms with Crippen LogP contribution in [0.3, 0.4) is 0 Å². The molecule has 0 aliphatic rings. The summed E-state index contributed by atoms with van der Waals surface area (Å²) in [6, 6.07) is 8.34. The Bertz CT molecular complexity index is 388. The third-order valence-electron chi connectivity index (χ3n) is 2.49. The molecule has 1 rings (SSSR count). The van der Waals surface area contributed by atoms with Crippen molar-refractivity contribution in [1.82, 2.24) is 5.32 Å². The minimum Gasteiger partial charge on any atom is -0.384 e. The van der Waals surface area contributed by atoms with Gasteiger partial charge < -0.3 is 15.5 Å². The van der Waals surface area contributed by atoms with Crippen molar-refractivity contribution in [3.05, 3.63) is 24.3 Å². The number of hydrogen-bond donors (Lipinski definition) is 2. The molecule has 0 saturated carbocycles. The first-order chi connectivity index (χ1) is 8.49. The Morgan fingerprint density at radius 3 is 2.67 bits per heavy atom. The third kappa shape index (κ3) is 5.08. The molecule has 100 valence electrons. The zero-order chi connectivity index (χ0) is 13.5. The quantitative estimate of drug-likeness (QED) is 0.811. The van der Waals surface area contributed by atoms with E-state index >= 15 is 0 Å². The van der Waals surface area contributed by atoms with E-state index in [0.29, 0.717) is 13.0 Å². The van der Waals surface area contributed by atoms with Crippen LogP contribution in [-0.4, -0.2) is 32.6 Å². The Morgan fingerprint density at radius 2 is 2.06 bits per heavy atom. The van der Waals surface area contributed by atoms with Crippen LogP contribution in [0.4, 0.5) is 11.4 Å². The summed E-state index contributed by atoms with van der Waals surface area (Å²) in [6.07, 6.45) is 0.490. The fourth-order valence-electron chi connectivity index (χ4n) is 1.61. The largest absolute Gasteiger partial charge is 0.384 e. The first-order valence-corrected chi connectivity index (χ1v) is 6.29. The van der Waals surface area contributed by atoms with Gasteiger partial charge in [0.25, 0.3) is 0 Å². The molecule has 0 spiro atoms. The average Bonchev–Trinajstić information content (AvgIpc) is 2.28. The van der Waals surface area contributed by atoms with Gasteiger partial charge >= 0.3 is 0 Å². The summed E-state index contributed by atoms with van der Waals surface area (Å²) in [7, 11) is 4.02. The summed E-state index contributed by atoms with van der Waals surface area (Å²) in [5.41, 5.74) is 2.19. The van der Waals surface area contributed by atoms with Crippen molar-refractivity contribution in [2.75, 3.05) is 30.9 Å². The van der Waals surface area contributed by atoms with Crippen molar-refractivity contribution in [2.45, 2.75) is 26.3 Å². The van der Waals surface area contributed by atoms with Crippen molar-refractivity contribution in [3.63, 3.8) is 0 Å². The molecule has 1 aromatic carbocycles. The van der Waals surface area contributed by atoms with Crippen LogP contribution < -0.4 is 15.5 Å². The molecular formula is C14H23N3O. The van der Waals surface area contributed by atoms with Crippen LogP contribution in [0, 0.1) is 0 Å². The molecule has 0 heterocycles. The molecule has 0 unspecified atom stereocenters. The monoisotopic (exact) mass is 249 g/mol. The number of nitrogens with zero attached hydrogens (tertiary/aromatic N) is 1. The van der Waals surface area contributed by atoms with E-state index in [4.69, 9.17) is 0 Å². The topological polar surface area (TPSA) is 44.4 Å². The SMILES string of the molecule is CC(C)NC(=O)CCNc1cccc(N(C)C)c1. The maximum Gasteiger partial charge on any atom is 0.221 e. The van der Waals surface area contributed by atoms with E-state index in [0.717, 1.165) is 11.4 Å². The molecular weight excluding hydrogens is 226 g/mol. The Hall–Kier alpha value is -1.71. The van der Waals surface area contributed by atoms with Gasteiger partial charge in [-0.05, 0) is 32.0 Å². The smallest absolute Gasteiger partial charge is 0.221 e. The van der Waals surface area contributed by atoms with Crippen LogP contribution in [-0.2, 0) is 4.79 Å². The lowest BCUT2D eigenvalue weighted by molar-refractivity contribution is -0.121. The van der Waals surface area contributed by atoms with E-state index in [2.05, 4.69) is 27.7 Å². The van der Waals surface area contributed by atoms with Crippen LogP contribution in [0.25, 0.3) is 0 Å². The Kier molecular flexibility index (Phi) is 5.49. The fourth-order valence-corrected chi connectivity index (χ4v) is 1.61. The molecule has 0 aromatic heterocycles. The molecule has 0 aliphatic heterocycles. The van der Waals surface area contributed by atoms with E-state index in [1.54, 1.807) is 0 Å². The highest BCUT2D eigenvalue weighted by Crippen LogP contribution is 2.16. The van der Waals surface area contributed by atoms with Gasteiger partial charge in [-0.3, -0.25) is 4.79 Å². The molecule has 1 aromatic rings. The third-order valence-corrected chi connectivity index (χ3v) is 2.49. The Balaban J connectivity index is 2.39. The summed E-state index contributed by atoms with van der Waals surface area (Å²) in [4.78, 5) is 13.5. The van der Waals surface area contributed by atoms with Gasteiger partial charge in [-0.1, -0.05) is 6.07 Å². The molecule has 0 aliphatic carbocycles. The second-order valence-electron chi connectivity index (χ2n) is 4.84. The van der Waals surface area contributed by atoms with Crippen LogP contribution >= 0.6 is 0 Å². The molecule has 0 atom stereocenters. The van der Waals surface area contributed by atoms with Crippen LogP contribution in [0.15, 0.2) is 24.3 Å². The number of carbonyl (C=O) groups excluding carboxylic acids is 1. The van der Waals surface area contributed by atoms with Crippen LogP contribution in [0.5, 0.6) is 0 Å². The van der Waals surface area contributed by atoms with Crippen LogP contribution in [0.1, 0.15) is 20.3 Å². The number of carbonyl (C=O) groups is 1. The maximum absolute atomic E-state index is 11.5. The van der Waals surface area contributed by atoms with Gasteiger partial charge in [0.15, 0.2) is 0 Å². The lowest BCUT2D eigenvalue weighted by atomic mass is 10.2. The molecule has 4 heteroatoms. The van der Waals surface area contributed by atoms with Crippen LogP contribution in [0.2, 0.25) is 0 Å². The molecule has 4 nitrogen and oxygen atoms in total. The average molecular weight is 249 g/mol. The number of benzene rings is 1. The van der Waals surface area contributed by atoms with E-state index in [9.17, 15) is 4.79 Å². The molecule has 0 bridgehead atoms. The van der Waals surface area contributed by atoms with Gasteiger partial charge in [0.1, 0.15) is 0 Å². The lowest BCUT2D eigenvalue weighted by Crippen LogP contribution is -2.31. The van der Waals surface area contributed by atoms with Crippen molar-refractivity contribution in [3.8, 4) is 0 Å². The van der Waals surface area contributed by atoms with Gasteiger partial charge in [0, 0.05) is 44.5 Å². The number of anilines is 2. The van der Waals surface area contributed by atoms with E-state index in [1.165, 1.54) is 0 Å². The normalized spacial score (nSPS) is 10.3.